The summed E-state index contributed by atoms with van der Waals surface area (Å²) < 4.78 is 33.9. The molecule has 1 aromatic heterocycles. The highest BCUT2D eigenvalue weighted by molar-refractivity contribution is 7.85. The van der Waals surface area contributed by atoms with Crippen LogP contribution in [0.15, 0.2) is 95.9 Å². The van der Waals surface area contributed by atoms with E-state index in [2.05, 4.69) is 89.3 Å². The van der Waals surface area contributed by atoms with Gasteiger partial charge in [-0.1, -0.05) is 42.5 Å². The van der Waals surface area contributed by atoms with Crippen LogP contribution in [0.1, 0.15) is 24.8 Å². The first kappa shape index (κ1) is 26.7. The van der Waals surface area contributed by atoms with Crippen LogP contribution in [0.4, 0.5) is 5.69 Å². The van der Waals surface area contributed by atoms with Crippen LogP contribution in [0.2, 0.25) is 0 Å². The number of hydrogen-bond acceptors (Lipinski definition) is 5. The van der Waals surface area contributed by atoms with Crippen molar-refractivity contribution in [3.8, 4) is 16.9 Å². The number of phenolic OH excluding ortho intramolecular Hbond substituents is 1. The highest BCUT2D eigenvalue weighted by Gasteiger charge is 2.19. The summed E-state index contributed by atoms with van der Waals surface area (Å²) in [7, 11) is -2.31. The van der Waals surface area contributed by atoms with Crippen LogP contribution < -0.4 is 9.47 Å². The molecule has 1 fully saturated rings. The van der Waals surface area contributed by atoms with Gasteiger partial charge >= 0.3 is 0 Å². The molecule has 0 atom stereocenters. The lowest BCUT2D eigenvalue weighted by Crippen LogP contribution is -2.30. The lowest BCUT2D eigenvalue weighted by molar-refractivity contribution is -0.617. The van der Waals surface area contributed by atoms with E-state index in [0.29, 0.717) is 5.56 Å². The van der Waals surface area contributed by atoms with E-state index < -0.39 is 10.1 Å². The first-order valence-electron chi connectivity index (χ1n) is 13.1. The van der Waals surface area contributed by atoms with Crippen molar-refractivity contribution in [2.45, 2.75) is 31.1 Å². The largest absolute Gasteiger partial charge is 0.744 e. The smallest absolute Gasteiger partial charge is 0.213 e. The first-order chi connectivity index (χ1) is 18.7. The summed E-state index contributed by atoms with van der Waals surface area (Å²) in [6.07, 6.45) is 3.99. The third-order valence-electron chi connectivity index (χ3n) is 7.39. The SMILES string of the molecule is C[n+]1c2ccccc2c(-c2ccc(N3CCCCC3)cc2)c2ccccc21.Cc1ccc(O)cc1S(=O)(=O)[O-]. The maximum Gasteiger partial charge on any atom is 0.213 e. The van der Waals surface area contributed by atoms with Gasteiger partial charge in [-0.2, -0.15) is 4.57 Å². The van der Waals surface area contributed by atoms with Gasteiger partial charge in [0.1, 0.15) is 22.9 Å². The lowest BCUT2D eigenvalue weighted by Gasteiger charge is -2.29. The molecule has 1 N–H and O–H groups in total. The normalized spacial score (nSPS) is 13.8. The number of aromatic nitrogens is 1. The molecule has 0 unspecified atom stereocenters. The summed E-state index contributed by atoms with van der Waals surface area (Å²) in [6, 6.07) is 30.3. The van der Waals surface area contributed by atoms with E-state index in [1.54, 1.807) is 0 Å². The predicted molar refractivity (Wildman–Crippen MR) is 155 cm³/mol. The number of nitrogens with zero attached hydrogens (tertiary/aromatic N) is 2. The van der Waals surface area contributed by atoms with Crippen molar-refractivity contribution in [3.05, 3.63) is 96.6 Å². The minimum Gasteiger partial charge on any atom is -0.744 e. The second-order valence-electron chi connectivity index (χ2n) is 9.97. The fourth-order valence-electron chi connectivity index (χ4n) is 5.39. The van der Waals surface area contributed by atoms with Gasteiger partial charge in [-0.15, -0.1) is 0 Å². The Balaban J connectivity index is 0.000000217. The van der Waals surface area contributed by atoms with Crippen LogP contribution in [0, 0.1) is 6.92 Å². The molecule has 1 aliphatic heterocycles. The highest BCUT2D eigenvalue weighted by atomic mass is 32.2. The topological polar surface area (TPSA) is 84.5 Å². The van der Waals surface area contributed by atoms with Gasteiger partial charge in [0.25, 0.3) is 0 Å². The van der Waals surface area contributed by atoms with Crippen molar-refractivity contribution in [2.75, 3.05) is 18.0 Å². The van der Waals surface area contributed by atoms with E-state index in [1.165, 1.54) is 90.0 Å². The zero-order chi connectivity index (χ0) is 27.6. The van der Waals surface area contributed by atoms with Crippen molar-refractivity contribution < 1.29 is 22.6 Å². The number of piperidine rings is 1. The van der Waals surface area contributed by atoms with E-state index in [-0.39, 0.29) is 10.6 Å². The standard InChI is InChI=1S/C25H25N2.C7H8O4S/c1-26-23-11-5-3-9-21(23)25(22-10-4-6-12-24(22)26)19-13-15-20(16-14-19)27-17-7-2-8-18-27;1-5-2-3-6(8)4-7(5)12(9,10)11/h3-6,9-16H,2,7-8,17-18H2,1H3;2-4,8H,1H3,(H,9,10,11)/q+1;/p-1. The quantitative estimate of drug-likeness (QED) is 0.170. The number of aryl methyl sites for hydroxylation is 2. The Bertz CT molecular complexity index is 1690. The molecule has 200 valence electrons. The molecule has 6 nitrogen and oxygen atoms in total. The molecule has 39 heavy (non-hydrogen) atoms. The van der Waals surface area contributed by atoms with Crippen LogP contribution in [-0.2, 0) is 17.2 Å². The molecule has 2 heterocycles. The molecule has 1 aliphatic rings. The highest BCUT2D eigenvalue weighted by Crippen LogP contribution is 2.35. The van der Waals surface area contributed by atoms with Gasteiger partial charge in [0.2, 0.25) is 11.0 Å². The van der Waals surface area contributed by atoms with Crippen LogP contribution in [0.5, 0.6) is 5.75 Å². The van der Waals surface area contributed by atoms with Crippen LogP contribution in [0.3, 0.4) is 0 Å². The predicted octanol–water partition coefficient (Wildman–Crippen LogP) is 6.08. The summed E-state index contributed by atoms with van der Waals surface area (Å²) in [5.74, 6) is -0.227. The molecule has 6 rings (SSSR count). The summed E-state index contributed by atoms with van der Waals surface area (Å²) >= 11 is 0. The summed E-state index contributed by atoms with van der Waals surface area (Å²) in [5.41, 5.74) is 6.86. The number of phenols is 1. The number of anilines is 1. The Hall–Kier alpha value is -3.94. The molecule has 5 aromatic rings. The Morgan fingerprint density at radius 2 is 1.36 bits per heavy atom. The third kappa shape index (κ3) is 5.60. The summed E-state index contributed by atoms with van der Waals surface area (Å²) in [5, 5.41) is 11.5. The Morgan fingerprint density at radius 1 is 0.795 bits per heavy atom. The minimum atomic E-state index is -4.47. The number of fused-ring (bicyclic) bond motifs is 2. The number of pyridine rings is 1. The first-order valence-corrected chi connectivity index (χ1v) is 14.6. The molecule has 0 aliphatic carbocycles. The van der Waals surface area contributed by atoms with Crippen LogP contribution >= 0.6 is 0 Å². The summed E-state index contributed by atoms with van der Waals surface area (Å²) in [6.45, 7) is 3.86. The fraction of sp³-hybridized carbons (Fsp3) is 0.219. The van der Waals surface area contributed by atoms with E-state index in [9.17, 15) is 13.0 Å². The van der Waals surface area contributed by atoms with Gasteiger partial charge in [-0.25, -0.2) is 8.42 Å². The number of rotatable bonds is 3. The van der Waals surface area contributed by atoms with Crippen molar-refractivity contribution in [3.63, 3.8) is 0 Å². The molecule has 4 aromatic carbocycles. The molecule has 0 spiro atoms. The molecule has 0 bridgehead atoms. The molecular formula is C32H32N2O4S. The van der Waals surface area contributed by atoms with E-state index >= 15 is 0 Å². The Kier molecular flexibility index (Phi) is 7.55. The van der Waals surface area contributed by atoms with Gasteiger partial charge in [0, 0.05) is 36.5 Å². The van der Waals surface area contributed by atoms with E-state index in [4.69, 9.17) is 5.11 Å². The summed E-state index contributed by atoms with van der Waals surface area (Å²) in [4.78, 5) is 2.15. The van der Waals surface area contributed by atoms with Gasteiger partial charge in [0.05, 0.1) is 15.7 Å². The third-order valence-corrected chi connectivity index (χ3v) is 8.37. The van der Waals surface area contributed by atoms with Gasteiger partial charge in [0.15, 0.2) is 0 Å². The van der Waals surface area contributed by atoms with Crippen molar-refractivity contribution in [1.29, 1.82) is 0 Å². The molecule has 0 radical (unpaired) electrons. The maximum atomic E-state index is 10.5. The number of benzene rings is 4. The van der Waals surface area contributed by atoms with E-state index in [0.717, 1.165) is 6.07 Å². The lowest BCUT2D eigenvalue weighted by atomic mass is 9.95. The van der Waals surface area contributed by atoms with Gasteiger partial charge in [-0.05, 0) is 73.7 Å². The zero-order valence-electron chi connectivity index (χ0n) is 22.2. The number of para-hydroxylation sites is 2. The zero-order valence-corrected chi connectivity index (χ0v) is 23.0. The second-order valence-corrected chi connectivity index (χ2v) is 11.3. The molecular weight excluding hydrogens is 508 g/mol. The average molecular weight is 541 g/mol. The van der Waals surface area contributed by atoms with Gasteiger partial charge in [-0.3, -0.25) is 0 Å². The fourth-order valence-corrected chi connectivity index (χ4v) is 6.12. The maximum absolute atomic E-state index is 10.5. The average Bonchev–Trinajstić information content (AvgIpc) is 2.95. The van der Waals surface area contributed by atoms with Crippen LogP contribution in [-0.4, -0.2) is 31.2 Å². The minimum absolute atomic E-state index is 0.227. The number of aromatic hydroxyl groups is 1. The molecule has 0 saturated carbocycles. The molecule has 0 amide bonds. The monoisotopic (exact) mass is 540 g/mol. The van der Waals surface area contributed by atoms with Gasteiger partial charge < -0.3 is 14.6 Å². The number of hydrogen-bond donors (Lipinski definition) is 1. The van der Waals surface area contributed by atoms with E-state index in [1.807, 2.05) is 0 Å². The van der Waals surface area contributed by atoms with Crippen LogP contribution in [0.25, 0.3) is 32.9 Å². The second kappa shape index (κ2) is 11.0. The van der Waals surface area contributed by atoms with Crippen molar-refractivity contribution in [2.24, 2.45) is 7.05 Å². The Labute approximate surface area is 229 Å². The van der Waals surface area contributed by atoms with Crippen molar-refractivity contribution in [1.82, 2.24) is 0 Å². The Morgan fingerprint density at radius 3 is 1.90 bits per heavy atom. The molecule has 1 saturated heterocycles. The van der Waals surface area contributed by atoms with Crippen molar-refractivity contribution >= 4 is 37.6 Å². The molecule has 7 heteroatoms.